The molecule has 0 aromatic carbocycles. The molecule has 11 heteroatoms. The topological polar surface area (TPSA) is 55.4 Å². The summed E-state index contributed by atoms with van der Waals surface area (Å²) in [5.41, 5.74) is 0. The second-order valence-corrected chi connectivity index (χ2v) is 8.25. The maximum Gasteiger partial charge on any atom is 0.460 e. The summed E-state index contributed by atoms with van der Waals surface area (Å²) in [4.78, 5) is 22.9. The first-order valence-corrected chi connectivity index (χ1v) is 11.6. The molecule has 1 atom stereocenters. The van der Waals surface area contributed by atoms with Crippen LogP contribution < -0.4 is 5.32 Å². The molecule has 1 N–H and O–H groups in total. The summed E-state index contributed by atoms with van der Waals surface area (Å²) in [7, 11) is 0. The van der Waals surface area contributed by atoms with E-state index in [1.54, 1.807) is 0 Å². The smallest absolute Gasteiger partial charge is 0.460 e. The zero-order valence-corrected chi connectivity index (χ0v) is 19.3. The van der Waals surface area contributed by atoms with Crippen molar-refractivity contribution in [1.82, 2.24) is 5.32 Å². The van der Waals surface area contributed by atoms with Crippen LogP contribution in [-0.2, 0) is 14.3 Å². The lowest BCUT2D eigenvalue weighted by Crippen LogP contribution is -2.61. The molecule has 0 saturated heterocycles. The molecule has 196 valence electrons. The lowest BCUT2D eigenvalue weighted by molar-refractivity contribution is -0.344. The van der Waals surface area contributed by atoms with Gasteiger partial charge in [0.05, 0.1) is 6.61 Å². The second-order valence-electron chi connectivity index (χ2n) is 8.25. The number of ether oxygens (including phenoxy) is 1. The van der Waals surface area contributed by atoms with Gasteiger partial charge in [0.1, 0.15) is 6.04 Å². The van der Waals surface area contributed by atoms with Crippen LogP contribution in [0.2, 0.25) is 0 Å². The largest absolute Gasteiger partial charge is 0.464 e. The summed E-state index contributed by atoms with van der Waals surface area (Å²) in [5, 5.41) is 1.15. The first-order valence-electron chi connectivity index (χ1n) is 11.6. The van der Waals surface area contributed by atoms with Crippen LogP contribution >= 0.6 is 0 Å². The van der Waals surface area contributed by atoms with Gasteiger partial charge in [0.2, 0.25) is 0 Å². The van der Waals surface area contributed by atoms with Gasteiger partial charge in [-0.25, -0.2) is 4.79 Å². The minimum Gasteiger partial charge on any atom is -0.464 e. The molecule has 0 rings (SSSR count). The fourth-order valence-corrected chi connectivity index (χ4v) is 3.08. The number of nitrogens with one attached hydrogen (secondary N) is 1. The maximum atomic E-state index is 13.3. The highest BCUT2D eigenvalue weighted by Crippen LogP contribution is 2.46. The monoisotopic (exact) mass is 495 g/mol. The summed E-state index contributed by atoms with van der Waals surface area (Å²) >= 11 is 0. The fourth-order valence-electron chi connectivity index (χ4n) is 3.08. The Bertz CT molecular complexity index is 569. The Morgan fingerprint density at radius 1 is 0.727 bits per heavy atom. The molecule has 0 aliphatic carbocycles. The standard InChI is InChI=1S/C22H36F7NO3/c1-3-4-5-6-7-8-9-10-11-12-13-14-15-16-33-18(31)17(2)30-19(32)20(23,24)21(25,26)22(27,28)29/h17H,3-16H2,1-2H3,(H,30,32)/t17-/m0/s1. The van der Waals surface area contributed by atoms with Crippen molar-refractivity contribution >= 4 is 11.9 Å². The van der Waals surface area contributed by atoms with E-state index in [1.165, 1.54) is 44.9 Å². The SMILES string of the molecule is CCCCCCCCCCCCCCCOC(=O)[C@H](C)NC(=O)C(F)(F)C(F)(F)C(F)(F)F. The highest BCUT2D eigenvalue weighted by Gasteiger charge is 2.76. The zero-order chi connectivity index (χ0) is 25.5. The number of unbranched alkanes of at least 4 members (excludes halogenated alkanes) is 12. The van der Waals surface area contributed by atoms with E-state index in [1.807, 2.05) is 0 Å². The maximum absolute atomic E-state index is 13.3. The van der Waals surface area contributed by atoms with Crippen molar-refractivity contribution in [3.63, 3.8) is 0 Å². The quantitative estimate of drug-likeness (QED) is 0.127. The molecule has 4 nitrogen and oxygen atoms in total. The predicted octanol–water partition coefficient (Wildman–Crippen LogP) is 6.96. The van der Waals surface area contributed by atoms with Gasteiger partial charge in [-0.05, 0) is 13.3 Å². The zero-order valence-electron chi connectivity index (χ0n) is 19.3. The van der Waals surface area contributed by atoms with E-state index < -0.39 is 35.9 Å². The van der Waals surface area contributed by atoms with Crippen LogP contribution in [0.5, 0.6) is 0 Å². The van der Waals surface area contributed by atoms with Crippen molar-refractivity contribution in [1.29, 1.82) is 0 Å². The van der Waals surface area contributed by atoms with Gasteiger partial charge >= 0.3 is 24.0 Å². The minimum absolute atomic E-state index is 0.0775. The number of amides is 1. The van der Waals surface area contributed by atoms with Gasteiger partial charge in [-0.3, -0.25) is 4.79 Å². The molecule has 33 heavy (non-hydrogen) atoms. The molecule has 0 heterocycles. The number of hydrogen-bond donors (Lipinski definition) is 1. The van der Waals surface area contributed by atoms with E-state index in [2.05, 4.69) is 6.92 Å². The Kier molecular flexibility index (Phi) is 14.6. The van der Waals surface area contributed by atoms with Crippen LogP contribution in [0.3, 0.4) is 0 Å². The third-order valence-corrected chi connectivity index (χ3v) is 5.23. The summed E-state index contributed by atoms with van der Waals surface area (Å²) in [6.07, 6.45) is 7.65. The van der Waals surface area contributed by atoms with Crippen molar-refractivity contribution < 1.29 is 45.1 Å². The second kappa shape index (κ2) is 15.4. The van der Waals surface area contributed by atoms with Crippen LogP contribution in [0.1, 0.15) is 97.3 Å². The van der Waals surface area contributed by atoms with E-state index in [0.717, 1.165) is 44.3 Å². The molecule has 1 amide bonds. The molecular formula is C22H36F7NO3. The van der Waals surface area contributed by atoms with Crippen molar-refractivity contribution in [3.05, 3.63) is 0 Å². The van der Waals surface area contributed by atoms with Crippen molar-refractivity contribution in [2.24, 2.45) is 0 Å². The van der Waals surface area contributed by atoms with E-state index in [9.17, 15) is 40.3 Å². The van der Waals surface area contributed by atoms with Gasteiger partial charge in [0.15, 0.2) is 0 Å². The Morgan fingerprint density at radius 2 is 1.12 bits per heavy atom. The van der Waals surface area contributed by atoms with Gasteiger partial charge in [-0.1, -0.05) is 84.0 Å². The Morgan fingerprint density at radius 3 is 1.52 bits per heavy atom. The van der Waals surface area contributed by atoms with Crippen LogP contribution in [-0.4, -0.2) is 42.5 Å². The third kappa shape index (κ3) is 11.4. The van der Waals surface area contributed by atoms with Crippen LogP contribution in [0, 0.1) is 0 Å². The highest BCUT2D eigenvalue weighted by atomic mass is 19.4. The number of esters is 1. The number of carbonyl (C=O) groups is 2. The summed E-state index contributed by atoms with van der Waals surface area (Å²) < 4.78 is 93.3. The van der Waals surface area contributed by atoms with Gasteiger partial charge in [0.25, 0.3) is 5.91 Å². The van der Waals surface area contributed by atoms with Gasteiger partial charge in [0, 0.05) is 0 Å². The lowest BCUT2D eigenvalue weighted by atomic mass is 10.0. The number of carbonyl (C=O) groups excluding carboxylic acids is 2. The molecule has 0 fully saturated rings. The fraction of sp³-hybridized carbons (Fsp3) is 0.909. The highest BCUT2D eigenvalue weighted by molar-refractivity contribution is 5.89. The Balaban J connectivity index is 3.95. The van der Waals surface area contributed by atoms with Crippen LogP contribution in [0.15, 0.2) is 0 Å². The molecule has 0 bridgehead atoms. The van der Waals surface area contributed by atoms with Gasteiger partial charge < -0.3 is 10.1 Å². The molecule has 0 aromatic heterocycles. The average Bonchev–Trinajstić information content (AvgIpc) is 2.72. The minimum atomic E-state index is -6.63. The Hall–Kier alpha value is -1.55. The molecule has 0 aromatic rings. The molecule has 0 aliphatic rings. The first-order chi connectivity index (χ1) is 15.3. The number of rotatable bonds is 18. The van der Waals surface area contributed by atoms with Crippen molar-refractivity contribution in [2.45, 2.75) is 121 Å². The van der Waals surface area contributed by atoms with E-state index in [-0.39, 0.29) is 6.61 Å². The van der Waals surface area contributed by atoms with E-state index in [4.69, 9.17) is 4.74 Å². The third-order valence-electron chi connectivity index (χ3n) is 5.23. The van der Waals surface area contributed by atoms with Crippen LogP contribution in [0.4, 0.5) is 30.7 Å². The van der Waals surface area contributed by atoms with Gasteiger partial charge in [-0.2, -0.15) is 30.7 Å². The molecule has 0 saturated carbocycles. The number of halogens is 7. The summed E-state index contributed by atoms with van der Waals surface area (Å²) in [5.74, 6) is -16.8. The molecular weight excluding hydrogens is 459 g/mol. The number of hydrogen-bond acceptors (Lipinski definition) is 3. The molecule has 0 aliphatic heterocycles. The average molecular weight is 496 g/mol. The normalized spacial score (nSPS) is 13.6. The first kappa shape index (κ1) is 31.4. The molecule has 0 unspecified atom stereocenters. The number of alkyl halides is 7. The van der Waals surface area contributed by atoms with Crippen molar-refractivity contribution in [2.75, 3.05) is 6.61 Å². The van der Waals surface area contributed by atoms with Crippen molar-refractivity contribution in [3.8, 4) is 0 Å². The molecule has 0 spiro atoms. The lowest BCUT2D eigenvalue weighted by Gasteiger charge is -2.27. The predicted molar refractivity (Wildman–Crippen MR) is 110 cm³/mol. The summed E-state index contributed by atoms with van der Waals surface area (Å²) in [6.45, 7) is 2.96. The van der Waals surface area contributed by atoms with E-state index >= 15 is 0 Å². The van der Waals surface area contributed by atoms with Crippen LogP contribution in [0.25, 0.3) is 0 Å². The van der Waals surface area contributed by atoms with Gasteiger partial charge in [-0.15, -0.1) is 0 Å². The Labute approximate surface area is 191 Å². The summed E-state index contributed by atoms with van der Waals surface area (Å²) in [6, 6.07) is -1.81. The van der Waals surface area contributed by atoms with E-state index in [0.29, 0.717) is 6.42 Å². The molecule has 0 radical (unpaired) electrons.